The highest BCUT2D eigenvalue weighted by Crippen LogP contribution is 2.22. The Morgan fingerprint density at radius 1 is 1.11 bits per heavy atom. The van der Waals surface area contributed by atoms with Gasteiger partial charge in [0.2, 0.25) is 5.95 Å². The maximum Gasteiger partial charge on any atom is 0.256 e. The first kappa shape index (κ1) is 12.4. The molecule has 2 aliphatic rings. The molecule has 1 aliphatic heterocycles. The van der Waals surface area contributed by atoms with Gasteiger partial charge in [-0.3, -0.25) is 4.79 Å². The van der Waals surface area contributed by atoms with Crippen molar-refractivity contribution < 1.29 is 4.79 Å². The smallest absolute Gasteiger partial charge is 0.256 e. The van der Waals surface area contributed by atoms with Crippen molar-refractivity contribution in [2.24, 2.45) is 0 Å². The van der Waals surface area contributed by atoms with E-state index in [2.05, 4.69) is 15.3 Å². The number of anilines is 1. The van der Waals surface area contributed by atoms with Crippen LogP contribution >= 0.6 is 0 Å². The second-order valence-corrected chi connectivity index (χ2v) is 5.42. The average Bonchev–Trinajstić information content (AvgIpc) is 3.25. The zero-order chi connectivity index (χ0) is 13.1. The van der Waals surface area contributed by atoms with Gasteiger partial charge in [-0.05, 0) is 25.7 Å². The molecule has 1 saturated carbocycles. The lowest BCUT2D eigenvalue weighted by atomic mass is 10.2. The Labute approximate surface area is 113 Å². The molecule has 0 aromatic carbocycles. The van der Waals surface area contributed by atoms with Gasteiger partial charge < -0.3 is 10.2 Å². The van der Waals surface area contributed by atoms with Crippen LogP contribution in [0.1, 0.15) is 48.9 Å². The van der Waals surface area contributed by atoms with Gasteiger partial charge in [0.15, 0.2) is 0 Å². The molecule has 0 unspecified atom stereocenters. The van der Waals surface area contributed by atoms with Crippen molar-refractivity contribution in [1.29, 1.82) is 0 Å². The third-order valence-electron chi connectivity index (χ3n) is 3.70. The fourth-order valence-corrected chi connectivity index (χ4v) is 2.38. The van der Waals surface area contributed by atoms with Gasteiger partial charge in [0.05, 0.1) is 5.56 Å². The minimum Gasteiger partial charge on any atom is -0.351 e. The van der Waals surface area contributed by atoms with E-state index in [4.69, 9.17) is 0 Å². The van der Waals surface area contributed by atoms with Gasteiger partial charge in [0.25, 0.3) is 5.91 Å². The topological polar surface area (TPSA) is 58.1 Å². The number of hydrogen-bond acceptors (Lipinski definition) is 4. The third kappa shape index (κ3) is 3.22. The number of aromatic nitrogens is 2. The summed E-state index contributed by atoms with van der Waals surface area (Å²) in [7, 11) is 0. The van der Waals surface area contributed by atoms with E-state index in [-0.39, 0.29) is 5.91 Å². The Bertz CT molecular complexity index is 433. The van der Waals surface area contributed by atoms with Crippen LogP contribution in [0.5, 0.6) is 0 Å². The predicted molar refractivity (Wildman–Crippen MR) is 73.0 cm³/mol. The zero-order valence-electron chi connectivity index (χ0n) is 11.1. The zero-order valence-corrected chi connectivity index (χ0v) is 11.1. The largest absolute Gasteiger partial charge is 0.351 e. The Morgan fingerprint density at radius 2 is 1.74 bits per heavy atom. The minimum absolute atomic E-state index is 0.0693. The Balaban J connectivity index is 1.64. The van der Waals surface area contributed by atoms with Crippen LogP contribution in [0.25, 0.3) is 0 Å². The molecular formula is C14H20N4O. The van der Waals surface area contributed by atoms with E-state index in [0.29, 0.717) is 17.6 Å². The van der Waals surface area contributed by atoms with Crippen LogP contribution in [0.2, 0.25) is 0 Å². The summed E-state index contributed by atoms with van der Waals surface area (Å²) in [5.41, 5.74) is 0.600. The lowest BCUT2D eigenvalue weighted by Crippen LogP contribution is -2.32. The molecule has 0 spiro atoms. The van der Waals surface area contributed by atoms with Gasteiger partial charge >= 0.3 is 0 Å². The van der Waals surface area contributed by atoms with Crippen molar-refractivity contribution in [3.05, 3.63) is 18.0 Å². The molecule has 1 saturated heterocycles. The molecule has 1 aliphatic carbocycles. The van der Waals surface area contributed by atoms with Gasteiger partial charge in [-0.1, -0.05) is 12.8 Å². The van der Waals surface area contributed by atoms with Crippen molar-refractivity contribution in [3.63, 3.8) is 0 Å². The van der Waals surface area contributed by atoms with Crippen molar-refractivity contribution >= 4 is 11.9 Å². The number of amides is 1. The van der Waals surface area contributed by atoms with E-state index >= 15 is 0 Å². The number of likely N-dealkylation sites (tertiary alicyclic amines) is 1. The number of nitrogens with zero attached hydrogens (tertiary/aromatic N) is 3. The highest BCUT2D eigenvalue weighted by molar-refractivity contribution is 5.93. The Morgan fingerprint density at radius 3 is 2.32 bits per heavy atom. The first-order chi connectivity index (χ1) is 9.33. The molecule has 3 rings (SSSR count). The molecule has 0 atom stereocenters. The molecule has 1 aromatic heterocycles. The van der Waals surface area contributed by atoms with Crippen LogP contribution in [0.4, 0.5) is 5.95 Å². The lowest BCUT2D eigenvalue weighted by Gasteiger charge is -2.19. The Hall–Kier alpha value is -1.65. The summed E-state index contributed by atoms with van der Waals surface area (Å²) in [6.45, 7) is 1.72. The molecule has 1 N–H and O–H groups in total. The number of carbonyl (C=O) groups is 1. The fourth-order valence-electron chi connectivity index (χ4n) is 2.38. The number of nitrogens with one attached hydrogen (secondary N) is 1. The molecule has 0 bridgehead atoms. The average molecular weight is 260 g/mol. The summed E-state index contributed by atoms with van der Waals surface area (Å²) < 4.78 is 0. The molecule has 2 fully saturated rings. The number of hydrogen-bond donors (Lipinski definition) is 1. The summed E-state index contributed by atoms with van der Waals surface area (Å²) in [6, 6.07) is 0.534. The fraction of sp³-hybridized carbons (Fsp3) is 0.643. The van der Waals surface area contributed by atoms with Crippen LogP contribution in [0, 0.1) is 0 Å². The lowest BCUT2D eigenvalue weighted by molar-refractivity contribution is 0.0761. The molecular weight excluding hydrogens is 240 g/mol. The summed E-state index contributed by atoms with van der Waals surface area (Å²) in [4.78, 5) is 22.7. The second-order valence-electron chi connectivity index (χ2n) is 5.42. The highest BCUT2D eigenvalue weighted by atomic mass is 16.2. The third-order valence-corrected chi connectivity index (χ3v) is 3.70. The number of rotatable bonds is 3. The van der Waals surface area contributed by atoms with E-state index in [0.717, 1.165) is 25.9 Å². The molecule has 1 aromatic rings. The first-order valence-corrected chi connectivity index (χ1v) is 7.21. The molecule has 19 heavy (non-hydrogen) atoms. The normalized spacial score (nSPS) is 19.9. The Kier molecular flexibility index (Phi) is 3.62. The van der Waals surface area contributed by atoms with E-state index in [9.17, 15) is 4.79 Å². The molecule has 2 heterocycles. The van der Waals surface area contributed by atoms with Crippen LogP contribution < -0.4 is 5.32 Å². The van der Waals surface area contributed by atoms with Gasteiger partial charge in [-0.2, -0.15) is 0 Å². The van der Waals surface area contributed by atoms with E-state index < -0.39 is 0 Å². The number of carbonyl (C=O) groups excluding carboxylic acids is 1. The molecule has 5 heteroatoms. The van der Waals surface area contributed by atoms with Gasteiger partial charge in [-0.25, -0.2) is 9.97 Å². The van der Waals surface area contributed by atoms with Crippen molar-refractivity contribution in [1.82, 2.24) is 14.9 Å². The maximum atomic E-state index is 12.3. The van der Waals surface area contributed by atoms with Crippen molar-refractivity contribution in [2.75, 3.05) is 18.4 Å². The van der Waals surface area contributed by atoms with E-state index in [1.54, 1.807) is 12.4 Å². The predicted octanol–water partition coefficient (Wildman–Crippen LogP) is 2.07. The van der Waals surface area contributed by atoms with Gasteiger partial charge in [0.1, 0.15) is 0 Å². The molecule has 0 radical (unpaired) electrons. The van der Waals surface area contributed by atoms with Gasteiger partial charge in [-0.15, -0.1) is 0 Å². The molecule has 1 amide bonds. The van der Waals surface area contributed by atoms with Crippen LogP contribution in [-0.2, 0) is 0 Å². The first-order valence-electron chi connectivity index (χ1n) is 7.21. The monoisotopic (exact) mass is 260 g/mol. The minimum atomic E-state index is 0.0693. The van der Waals surface area contributed by atoms with Crippen LogP contribution in [0.3, 0.4) is 0 Å². The molecule has 102 valence electrons. The maximum absolute atomic E-state index is 12.3. The highest BCUT2D eigenvalue weighted by Gasteiger charge is 2.22. The van der Waals surface area contributed by atoms with E-state index in [1.807, 2.05) is 4.90 Å². The quantitative estimate of drug-likeness (QED) is 0.904. The SMILES string of the molecule is O=C(c1cnc(NC2CC2)nc1)N1CCCCCC1. The summed E-state index contributed by atoms with van der Waals surface area (Å²) in [5, 5.41) is 3.22. The van der Waals surface area contributed by atoms with E-state index in [1.165, 1.54) is 25.7 Å². The summed E-state index contributed by atoms with van der Waals surface area (Å²) in [6.07, 6.45) is 10.3. The standard InChI is InChI=1S/C14H20N4O/c19-13(18-7-3-1-2-4-8-18)11-9-15-14(16-10-11)17-12-5-6-12/h9-10,12H,1-8H2,(H,15,16,17). The van der Waals surface area contributed by atoms with Gasteiger partial charge in [0, 0.05) is 31.5 Å². The summed E-state index contributed by atoms with van der Waals surface area (Å²) in [5.74, 6) is 0.704. The van der Waals surface area contributed by atoms with Crippen LogP contribution in [-0.4, -0.2) is 39.9 Å². The molecule has 5 nitrogen and oxygen atoms in total. The van der Waals surface area contributed by atoms with Crippen molar-refractivity contribution in [3.8, 4) is 0 Å². The second kappa shape index (κ2) is 5.55. The summed E-state index contributed by atoms with van der Waals surface area (Å²) >= 11 is 0. The van der Waals surface area contributed by atoms with Crippen molar-refractivity contribution in [2.45, 2.75) is 44.6 Å². The van der Waals surface area contributed by atoms with Crippen LogP contribution in [0.15, 0.2) is 12.4 Å².